The van der Waals surface area contributed by atoms with Crippen molar-refractivity contribution in [3.8, 4) is 11.6 Å². The molecule has 0 saturated heterocycles. The Hall–Kier alpha value is -1.75. The Morgan fingerprint density at radius 3 is 3.16 bits per heavy atom. The van der Waals surface area contributed by atoms with E-state index < -0.39 is 0 Å². The van der Waals surface area contributed by atoms with E-state index in [1.165, 1.54) is 7.11 Å². The molecule has 5 nitrogen and oxygen atoms in total. The molecule has 1 atom stereocenters. The summed E-state index contributed by atoms with van der Waals surface area (Å²) in [5, 5.41) is 0.481. The maximum Gasteiger partial charge on any atom is 0.310 e. The van der Waals surface area contributed by atoms with Gasteiger partial charge >= 0.3 is 5.97 Å². The molecule has 1 unspecified atom stereocenters. The summed E-state index contributed by atoms with van der Waals surface area (Å²) in [7, 11) is 1.41. The molecule has 0 spiro atoms. The molecular formula is C13H13ClN2O3. The zero-order valence-corrected chi connectivity index (χ0v) is 11.2. The second kappa shape index (κ2) is 4.74. The van der Waals surface area contributed by atoms with Gasteiger partial charge in [0, 0.05) is 6.54 Å². The molecule has 19 heavy (non-hydrogen) atoms. The van der Waals surface area contributed by atoms with Crippen LogP contribution in [0.1, 0.15) is 12.1 Å². The van der Waals surface area contributed by atoms with Crippen molar-refractivity contribution in [2.75, 3.05) is 7.11 Å². The maximum absolute atomic E-state index is 11.7. The third-order valence-corrected chi connectivity index (χ3v) is 3.73. The van der Waals surface area contributed by atoms with Gasteiger partial charge in [-0.2, -0.15) is 0 Å². The molecule has 1 aliphatic rings. The number of carbonyl (C=O) groups excluding carboxylic acids is 1. The molecule has 0 N–H and O–H groups in total. The van der Waals surface area contributed by atoms with E-state index in [0.29, 0.717) is 29.7 Å². The third-order valence-electron chi connectivity index (χ3n) is 3.43. The summed E-state index contributed by atoms with van der Waals surface area (Å²) in [5.74, 6) is 0.967. The maximum atomic E-state index is 11.7. The van der Waals surface area contributed by atoms with Gasteiger partial charge in [-0.3, -0.25) is 4.79 Å². The minimum Gasteiger partial charge on any atom is -0.469 e. The SMILES string of the molecule is COC(=O)C1CCc2c(Cl)nc(-c3ccco3)n2C1. The van der Waals surface area contributed by atoms with Crippen molar-refractivity contribution >= 4 is 17.6 Å². The van der Waals surface area contributed by atoms with E-state index in [4.69, 9.17) is 20.8 Å². The second-order valence-electron chi connectivity index (χ2n) is 4.52. The highest BCUT2D eigenvalue weighted by Gasteiger charge is 2.30. The summed E-state index contributed by atoms with van der Waals surface area (Å²) in [6, 6.07) is 3.62. The van der Waals surface area contributed by atoms with E-state index in [2.05, 4.69) is 4.98 Å². The fraction of sp³-hybridized carbons (Fsp3) is 0.385. The van der Waals surface area contributed by atoms with Crippen LogP contribution >= 0.6 is 11.6 Å². The molecular weight excluding hydrogens is 268 g/mol. The van der Waals surface area contributed by atoms with Gasteiger partial charge in [-0.25, -0.2) is 4.98 Å². The van der Waals surface area contributed by atoms with Gasteiger partial charge in [0.1, 0.15) is 0 Å². The van der Waals surface area contributed by atoms with Gasteiger partial charge in [-0.1, -0.05) is 11.6 Å². The highest BCUT2D eigenvalue weighted by atomic mass is 35.5. The number of hydrogen-bond acceptors (Lipinski definition) is 4. The Balaban J connectivity index is 2.00. The third kappa shape index (κ3) is 2.04. The van der Waals surface area contributed by atoms with Crippen LogP contribution in [0.3, 0.4) is 0 Å². The van der Waals surface area contributed by atoms with Crippen LogP contribution in [-0.2, 0) is 22.5 Å². The molecule has 0 fully saturated rings. The van der Waals surface area contributed by atoms with Crippen molar-refractivity contribution in [1.82, 2.24) is 9.55 Å². The number of ether oxygens (including phenoxy) is 1. The fourth-order valence-electron chi connectivity index (χ4n) is 2.47. The molecule has 3 heterocycles. The Labute approximate surface area is 115 Å². The molecule has 100 valence electrons. The smallest absolute Gasteiger partial charge is 0.310 e. The molecule has 0 aliphatic carbocycles. The van der Waals surface area contributed by atoms with E-state index in [0.717, 1.165) is 12.1 Å². The first-order chi connectivity index (χ1) is 9.20. The van der Waals surface area contributed by atoms with E-state index in [1.54, 1.807) is 12.3 Å². The zero-order valence-electron chi connectivity index (χ0n) is 10.4. The monoisotopic (exact) mass is 280 g/mol. The minimum atomic E-state index is -0.194. The first-order valence-electron chi connectivity index (χ1n) is 6.07. The van der Waals surface area contributed by atoms with E-state index in [-0.39, 0.29) is 11.9 Å². The predicted octanol–water partition coefficient (Wildman–Crippen LogP) is 2.53. The van der Waals surface area contributed by atoms with Crippen LogP contribution in [0.2, 0.25) is 5.15 Å². The number of methoxy groups -OCH3 is 1. The number of fused-ring (bicyclic) bond motifs is 1. The first kappa shape index (κ1) is 12.3. The Morgan fingerprint density at radius 2 is 2.47 bits per heavy atom. The van der Waals surface area contributed by atoms with Crippen LogP contribution < -0.4 is 0 Å². The Kier molecular flexibility index (Phi) is 3.06. The lowest BCUT2D eigenvalue weighted by Gasteiger charge is -2.23. The first-order valence-corrected chi connectivity index (χ1v) is 6.45. The normalized spacial score (nSPS) is 18.1. The topological polar surface area (TPSA) is 57.3 Å². The van der Waals surface area contributed by atoms with Gasteiger partial charge in [0.2, 0.25) is 0 Å². The number of rotatable bonds is 2. The number of aromatic nitrogens is 2. The van der Waals surface area contributed by atoms with Gasteiger partial charge < -0.3 is 13.7 Å². The quantitative estimate of drug-likeness (QED) is 0.793. The summed E-state index contributed by atoms with van der Waals surface area (Å²) in [4.78, 5) is 16.0. The van der Waals surface area contributed by atoms with Crippen LogP contribution in [0, 0.1) is 5.92 Å². The highest BCUT2D eigenvalue weighted by Crippen LogP contribution is 2.32. The minimum absolute atomic E-state index is 0.156. The molecule has 2 aromatic heterocycles. The average Bonchev–Trinajstić information content (AvgIpc) is 3.06. The molecule has 0 amide bonds. The van der Waals surface area contributed by atoms with Crippen molar-refractivity contribution in [3.05, 3.63) is 29.2 Å². The summed E-state index contributed by atoms with van der Waals surface area (Å²) in [6.45, 7) is 0.526. The van der Waals surface area contributed by atoms with Gasteiger partial charge in [0.15, 0.2) is 16.7 Å². The number of nitrogens with zero attached hydrogens (tertiary/aromatic N) is 2. The highest BCUT2D eigenvalue weighted by molar-refractivity contribution is 6.30. The van der Waals surface area contributed by atoms with Crippen molar-refractivity contribution in [3.63, 3.8) is 0 Å². The molecule has 0 saturated carbocycles. The molecule has 2 aromatic rings. The number of furan rings is 1. The van der Waals surface area contributed by atoms with Crippen molar-refractivity contribution < 1.29 is 13.9 Å². The van der Waals surface area contributed by atoms with E-state index in [1.807, 2.05) is 10.6 Å². The van der Waals surface area contributed by atoms with Crippen LogP contribution in [0.15, 0.2) is 22.8 Å². The Bertz CT molecular complexity index is 604. The van der Waals surface area contributed by atoms with Gasteiger partial charge in [0.05, 0.1) is 25.0 Å². The van der Waals surface area contributed by atoms with Gasteiger partial charge in [-0.15, -0.1) is 0 Å². The van der Waals surface area contributed by atoms with Crippen molar-refractivity contribution in [2.45, 2.75) is 19.4 Å². The summed E-state index contributed by atoms with van der Waals surface area (Å²) in [5.41, 5.74) is 0.952. The standard InChI is InChI=1S/C13H13ClN2O3/c1-18-13(17)8-4-5-9-11(14)15-12(16(9)7-8)10-3-2-6-19-10/h2-3,6,8H,4-5,7H2,1H3. The lowest BCUT2D eigenvalue weighted by Crippen LogP contribution is -2.27. The number of imidazole rings is 1. The largest absolute Gasteiger partial charge is 0.469 e. The van der Waals surface area contributed by atoms with Crippen LogP contribution in [-0.4, -0.2) is 22.6 Å². The second-order valence-corrected chi connectivity index (χ2v) is 4.88. The molecule has 3 rings (SSSR count). The van der Waals surface area contributed by atoms with Crippen LogP contribution in [0.4, 0.5) is 0 Å². The van der Waals surface area contributed by atoms with Gasteiger partial charge in [-0.05, 0) is 25.0 Å². The fourth-order valence-corrected chi connectivity index (χ4v) is 2.74. The number of halogens is 1. The average molecular weight is 281 g/mol. The van der Waals surface area contributed by atoms with Crippen molar-refractivity contribution in [1.29, 1.82) is 0 Å². The Morgan fingerprint density at radius 1 is 1.63 bits per heavy atom. The van der Waals surface area contributed by atoms with E-state index >= 15 is 0 Å². The summed E-state index contributed by atoms with van der Waals surface area (Å²) < 4.78 is 12.1. The lowest BCUT2D eigenvalue weighted by atomic mass is 9.98. The summed E-state index contributed by atoms with van der Waals surface area (Å²) in [6.07, 6.45) is 3.04. The van der Waals surface area contributed by atoms with Gasteiger partial charge in [0.25, 0.3) is 0 Å². The molecule has 6 heteroatoms. The number of carbonyl (C=O) groups is 1. The van der Waals surface area contributed by atoms with Crippen LogP contribution in [0.25, 0.3) is 11.6 Å². The predicted molar refractivity (Wildman–Crippen MR) is 68.8 cm³/mol. The summed E-state index contributed by atoms with van der Waals surface area (Å²) >= 11 is 6.15. The molecule has 0 aromatic carbocycles. The lowest BCUT2D eigenvalue weighted by molar-refractivity contribution is -0.146. The van der Waals surface area contributed by atoms with E-state index in [9.17, 15) is 4.79 Å². The molecule has 1 aliphatic heterocycles. The molecule has 0 bridgehead atoms. The zero-order chi connectivity index (χ0) is 13.4. The molecule has 0 radical (unpaired) electrons. The van der Waals surface area contributed by atoms with Crippen molar-refractivity contribution in [2.24, 2.45) is 5.92 Å². The number of esters is 1. The number of hydrogen-bond donors (Lipinski definition) is 0. The van der Waals surface area contributed by atoms with Crippen LogP contribution in [0.5, 0.6) is 0 Å².